The molecule has 3 aliphatic rings. The molecule has 8 heteroatoms. The van der Waals surface area contributed by atoms with Crippen molar-refractivity contribution < 1.29 is 18.0 Å². The number of halogens is 4. The van der Waals surface area contributed by atoms with E-state index < -0.39 is 28.7 Å². The van der Waals surface area contributed by atoms with E-state index in [0.29, 0.717) is 11.6 Å². The average Bonchev–Trinajstić information content (AvgIpc) is 2.72. The summed E-state index contributed by atoms with van der Waals surface area (Å²) in [6, 6.07) is 8.45. The number of pyridine rings is 1. The zero-order chi connectivity index (χ0) is 21.5. The summed E-state index contributed by atoms with van der Waals surface area (Å²) in [5.74, 6) is 0.0205. The van der Waals surface area contributed by atoms with Crippen molar-refractivity contribution in [1.29, 1.82) is 0 Å². The number of nitrogens with zero attached hydrogens (tertiary/aromatic N) is 2. The van der Waals surface area contributed by atoms with Crippen LogP contribution in [-0.4, -0.2) is 34.9 Å². The van der Waals surface area contributed by atoms with Gasteiger partial charge in [-0.05, 0) is 62.9 Å². The highest BCUT2D eigenvalue weighted by Gasteiger charge is 2.51. The maximum Gasteiger partial charge on any atom is 0.417 e. The van der Waals surface area contributed by atoms with Crippen molar-refractivity contribution in [3.63, 3.8) is 0 Å². The van der Waals surface area contributed by atoms with E-state index in [9.17, 15) is 18.0 Å². The highest BCUT2D eigenvalue weighted by molar-refractivity contribution is 6.34. The van der Waals surface area contributed by atoms with Gasteiger partial charge in [0, 0.05) is 18.3 Å². The van der Waals surface area contributed by atoms with Crippen LogP contribution in [0.3, 0.4) is 0 Å². The number of carbonyl (C=O) groups is 1. The first-order valence-corrected chi connectivity index (χ1v) is 10.4. The van der Waals surface area contributed by atoms with E-state index in [1.165, 1.54) is 12.1 Å². The molecule has 1 atom stereocenters. The Bertz CT molecular complexity index is 927. The van der Waals surface area contributed by atoms with Gasteiger partial charge in [0.05, 0.1) is 27.9 Å². The van der Waals surface area contributed by atoms with Crippen LogP contribution < -0.4 is 5.32 Å². The number of nitrogens with one attached hydrogen (secondary N) is 1. The molecule has 160 valence electrons. The number of aromatic nitrogens is 1. The number of hydrogen-bond acceptors (Lipinski definition) is 3. The van der Waals surface area contributed by atoms with Crippen molar-refractivity contribution in [2.24, 2.45) is 5.92 Å². The topological polar surface area (TPSA) is 45.2 Å². The maximum absolute atomic E-state index is 13.2. The van der Waals surface area contributed by atoms with Gasteiger partial charge in [-0.2, -0.15) is 13.2 Å². The van der Waals surface area contributed by atoms with Gasteiger partial charge in [0.25, 0.3) is 5.91 Å². The number of rotatable bonds is 4. The fourth-order valence-corrected chi connectivity index (χ4v) is 5.30. The van der Waals surface area contributed by atoms with Crippen molar-refractivity contribution in [2.75, 3.05) is 13.6 Å². The molecule has 2 saturated heterocycles. The quantitative estimate of drug-likeness (QED) is 0.723. The molecule has 2 aliphatic heterocycles. The first-order chi connectivity index (χ1) is 14.2. The maximum atomic E-state index is 13.2. The molecule has 1 amide bonds. The number of piperidine rings is 2. The van der Waals surface area contributed by atoms with Crippen LogP contribution in [0.4, 0.5) is 13.2 Å². The van der Waals surface area contributed by atoms with Crippen LogP contribution in [-0.2, 0) is 6.18 Å². The summed E-state index contributed by atoms with van der Waals surface area (Å²) in [6.45, 7) is 0.934. The number of likely N-dealkylation sites (N-methyl/N-ethyl adjacent to an activating group) is 1. The molecule has 1 aromatic carbocycles. The molecule has 1 unspecified atom stereocenters. The normalized spacial score (nSPS) is 25.2. The van der Waals surface area contributed by atoms with Crippen molar-refractivity contribution in [1.82, 2.24) is 15.2 Å². The van der Waals surface area contributed by atoms with E-state index in [-0.39, 0.29) is 11.1 Å². The van der Waals surface area contributed by atoms with E-state index in [1.54, 1.807) is 12.3 Å². The fourth-order valence-electron chi connectivity index (χ4n) is 4.99. The molecule has 0 radical (unpaired) electrons. The molecule has 2 bridgehead atoms. The number of alkyl halides is 3. The summed E-state index contributed by atoms with van der Waals surface area (Å²) in [4.78, 5) is 19.9. The van der Waals surface area contributed by atoms with Crippen LogP contribution in [0, 0.1) is 5.92 Å². The first-order valence-electron chi connectivity index (χ1n) is 10.0. The molecule has 1 aliphatic carbocycles. The van der Waals surface area contributed by atoms with Gasteiger partial charge in [0.1, 0.15) is 0 Å². The van der Waals surface area contributed by atoms with Gasteiger partial charge >= 0.3 is 6.18 Å². The number of benzene rings is 1. The van der Waals surface area contributed by atoms with Crippen LogP contribution in [0.1, 0.15) is 53.3 Å². The lowest BCUT2D eigenvalue weighted by atomic mass is 9.66. The first kappa shape index (κ1) is 21.1. The molecule has 3 fully saturated rings. The van der Waals surface area contributed by atoms with Crippen molar-refractivity contribution in [2.45, 2.75) is 43.4 Å². The van der Waals surface area contributed by atoms with Gasteiger partial charge in [-0.1, -0.05) is 23.7 Å². The van der Waals surface area contributed by atoms with E-state index in [2.05, 4.69) is 15.2 Å². The Hall–Kier alpha value is -2.12. The number of fused-ring (bicyclic) bond motifs is 3. The lowest BCUT2D eigenvalue weighted by Crippen LogP contribution is -2.62. The lowest BCUT2D eigenvalue weighted by molar-refractivity contribution is -0.137. The predicted molar refractivity (Wildman–Crippen MR) is 108 cm³/mol. The van der Waals surface area contributed by atoms with Gasteiger partial charge in [0.2, 0.25) is 0 Å². The van der Waals surface area contributed by atoms with Crippen LogP contribution in [0.25, 0.3) is 0 Å². The minimum Gasteiger partial charge on any atom is -0.342 e. The highest BCUT2D eigenvalue weighted by Crippen LogP contribution is 2.48. The van der Waals surface area contributed by atoms with Gasteiger partial charge in [-0.15, -0.1) is 0 Å². The molecule has 1 aromatic heterocycles. The van der Waals surface area contributed by atoms with E-state index in [4.69, 9.17) is 11.6 Å². The van der Waals surface area contributed by atoms with Gasteiger partial charge in [0.15, 0.2) is 0 Å². The van der Waals surface area contributed by atoms with Crippen molar-refractivity contribution >= 4 is 17.5 Å². The minimum absolute atomic E-state index is 0.184. The molecule has 4 nitrogen and oxygen atoms in total. The SMILES string of the molecule is CN1CC2CCC1(C(NC(=O)c1cccc(C(F)(F)F)c1Cl)c1ccccn1)CC2. The molecule has 30 heavy (non-hydrogen) atoms. The highest BCUT2D eigenvalue weighted by atomic mass is 35.5. The molecule has 2 aromatic rings. The largest absolute Gasteiger partial charge is 0.417 e. The fraction of sp³-hybridized carbons (Fsp3) is 0.455. The van der Waals surface area contributed by atoms with Crippen LogP contribution in [0.2, 0.25) is 5.02 Å². The summed E-state index contributed by atoms with van der Waals surface area (Å²) >= 11 is 6.00. The Morgan fingerprint density at radius 3 is 2.57 bits per heavy atom. The van der Waals surface area contributed by atoms with Crippen LogP contribution in [0.5, 0.6) is 0 Å². The molecule has 1 saturated carbocycles. The summed E-state index contributed by atoms with van der Waals surface area (Å²) < 4.78 is 39.7. The zero-order valence-electron chi connectivity index (χ0n) is 16.5. The zero-order valence-corrected chi connectivity index (χ0v) is 17.3. The van der Waals surface area contributed by atoms with Gasteiger partial charge < -0.3 is 5.32 Å². The number of carbonyl (C=O) groups excluding carboxylic acids is 1. The molecular weight excluding hydrogens is 415 g/mol. The Morgan fingerprint density at radius 2 is 1.97 bits per heavy atom. The van der Waals surface area contributed by atoms with Crippen LogP contribution >= 0.6 is 11.6 Å². The van der Waals surface area contributed by atoms with Gasteiger partial charge in [-0.3, -0.25) is 14.7 Å². The standard InChI is InChI=1S/C22H23ClF3N3O/c1-29-13-14-8-10-21(29,11-9-14)19(17-7-2-3-12-27-17)28-20(30)15-5-4-6-16(18(15)23)22(24,25)26/h2-7,12,14,19H,8-11,13H2,1H3,(H,28,30). The number of amides is 1. The van der Waals surface area contributed by atoms with E-state index in [0.717, 1.165) is 38.3 Å². The monoisotopic (exact) mass is 437 g/mol. The third kappa shape index (κ3) is 3.69. The van der Waals surface area contributed by atoms with E-state index in [1.807, 2.05) is 19.2 Å². The summed E-state index contributed by atoms with van der Waals surface area (Å²) in [5, 5.41) is 2.41. The minimum atomic E-state index is -4.63. The van der Waals surface area contributed by atoms with Crippen molar-refractivity contribution in [3.8, 4) is 0 Å². The van der Waals surface area contributed by atoms with Gasteiger partial charge in [-0.25, -0.2) is 0 Å². The second-order valence-corrected chi connectivity index (χ2v) is 8.63. The molecule has 1 N–H and O–H groups in total. The second kappa shape index (κ2) is 7.85. The Morgan fingerprint density at radius 1 is 1.23 bits per heavy atom. The van der Waals surface area contributed by atoms with Crippen molar-refractivity contribution in [3.05, 3.63) is 64.4 Å². The summed E-state index contributed by atoms with van der Waals surface area (Å²) in [7, 11) is 2.05. The number of hydrogen-bond donors (Lipinski definition) is 1. The second-order valence-electron chi connectivity index (χ2n) is 8.25. The van der Waals surface area contributed by atoms with Crippen LogP contribution in [0.15, 0.2) is 42.6 Å². The third-order valence-corrected chi connectivity index (χ3v) is 7.02. The molecular formula is C22H23ClF3N3O. The third-order valence-electron chi connectivity index (χ3n) is 6.61. The Kier molecular flexibility index (Phi) is 5.53. The smallest absolute Gasteiger partial charge is 0.342 e. The Labute approximate surface area is 178 Å². The molecule has 0 spiro atoms. The molecule has 5 rings (SSSR count). The lowest BCUT2D eigenvalue weighted by Gasteiger charge is -2.56. The predicted octanol–water partition coefficient (Wildman–Crippen LogP) is 5.10. The molecule has 3 heterocycles. The summed E-state index contributed by atoms with van der Waals surface area (Å²) in [6.07, 6.45) is 0.949. The van der Waals surface area contributed by atoms with E-state index >= 15 is 0 Å². The summed E-state index contributed by atoms with van der Waals surface area (Å²) in [5.41, 5.74) is -0.829. The average molecular weight is 438 g/mol. The Balaban J connectivity index is 1.71.